The lowest BCUT2D eigenvalue weighted by atomic mass is 9.94. The summed E-state index contributed by atoms with van der Waals surface area (Å²) in [4.78, 5) is 12.2. The summed E-state index contributed by atoms with van der Waals surface area (Å²) < 4.78 is 0. The molecule has 0 radical (unpaired) electrons. The first kappa shape index (κ1) is 15.0. The number of nitrogens with one attached hydrogen (secondary N) is 1. The molecule has 1 aromatic rings. The van der Waals surface area contributed by atoms with Crippen LogP contribution in [-0.2, 0) is 0 Å². The van der Waals surface area contributed by atoms with E-state index in [2.05, 4.69) is 28.2 Å². The zero-order valence-electron chi connectivity index (χ0n) is 11.1. The predicted molar refractivity (Wildman–Crippen MR) is 77.4 cm³/mol. The normalized spacial score (nSPS) is 14.0. The van der Waals surface area contributed by atoms with E-state index in [1.165, 1.54) is 6.07 Å². The summed E-state index contributed by atoms with van der Waals surface area (Å²) in [6.07, 6.45) is 1.76. The van der Waals surface area contributed by atoms with E-state index in [1.54, 1.807) is 12.1 Å². The van der Waals surface area contributed by atoms with Gasteiger partial charge in [-0.25, -0.2) is 0 Å². The third-order valence-electron chi connectivity index (χ3n) is 3.30. The third kappa shape index (κ3) is 3.73. The Kier molecular flexibility index (Phi) is 5.20. The SMILES string of the molecule is CCC(C)(CCBr)NC(=O)c1ccc(O)cc1C. The van der Waals surface area contributed by atoms with Crippen LogP contribution in [-0.4, -0.2) is 21.9 Å². The van der Waals surface area contributed by atoms with Gasteiger partial charge in [-0.3, -0.25) is 4.79 Å². The lowest BCUT2D eigenvalue weighted by Crippen LogP contribution is -2.46. The lowest BCUT2D eigenvalue weighted by molar-refractivity contribution is 0.0901. The number of amides is 1. The van der Waals surface area contributed by atoms with Crippen LogP contribution in [0.4, 0.5) is 0 Å². The molecule has 18 heavy (non-hydrogen) atoms. The summed E-state index contributed by atoms with van der Waals surface area (Å²) in [5.74, 6) is 0.0977. The van der Waals surface area contributed by atoms with Crippen molar-refractivity contribution in [1.82, 2.24) is 5.32 Å². The molecule has 0 saturated heterocycles. The van der Waals surface area contributed by atoms with E-state index in [9.17, 15) is 9.90 Å². The fraction of sp³-hybridized carbons (Fsp3) is 0.500. The summed E-state index contributed by atoms with van der Waals surface area (Å²) >= 11 is 3.41. The maximum absolute atomic E-state index is 12.2. The molecule has 0 bridgehead atoms. The zero-order chi connectivity index (χ0) is 13.8. The number of benzene rings is 1. The number of carbonyl (C=O) groups excluding carboxylic acids is 1. The van der Waals surface area contributed by atoms with Crippen LogP contribution in [0.25, 0.3) is 0 Å². The van der Waals surface area contributed by atoms with Gasteiger partial charge in [0.15, 0.2) is 0 Å². The second-order valence-corrected chi connectivity index (χ2v) is 5.60. The van der Waals surface area contributed by atoms with Crippen LogP contribution in [0.5, 0.6) is 5.75 Å². The fourth-order valence-electron chi connectivity index (χ4n) is 1.78. The number of phenolic OH excluding ortho intramolecular Hbond substituents is 1. The second kappa shape index (κ2) is 6.23. The Balaban J connectivity index is 2.87. The first-order valence-corrected chi connectivity index (χ1v) is 7.22. The quantitative estimate of drug-likeness (QED) is 0.819. The monoisotopic (exact) mass is 313 g/mol. The molecule has 2 N–H and O–H groups in total. The first-order valence-electron chi connectivity index (χ1n) is 6.10. The molecule has 0 heterocycles. The van der Waals surface area contributed by atoms with Crippen LogP contribution < -0.4 is 5.32 Å². The van der Waals surface area contributed by atoms with Gasteiger partial charge in [-0.1, -0.05) is 22.9 Å². The number of phenols is 1. The number of hydrogen-bond donors (Lipinski definition) is 2. The van der Waals surface area contributed by atoms with E-state index in [0.717, 1.165) is 23.7 Å². The molecule has 1 amide bonds. The summed E-state index contributed by atoms with van der Waals surface area (Å²) in [6, 6.07) is 4.79. The molecule has 0 spiro atoms. The van der Waals surface area contributed by atoms with Crippen LogP contribution in [0, 0.1) is 6.92 Å². The second-order valence-electron chi connectivity index (χ2n) is 4.81. The molecule has 1 aromatic carbocycles. The first-order chi connectivity index (χ1) is 8.41. The van der Waals surface area contributed by atoms with E-state index in [1.807, 2.05) is 13.8 Å². The van der Waals surface area contributed by atoms with Crippen molar-refractivity contribution in [3.63, 3.8) is 0 Å². The van der Waals surface area contributed by atoms with Crippen molar-refractivity contribution in [3.05, 3.63) is 29.3 Å². The van der Waals surface area contributed by atoms with Gasteiger partial charge in [-0.15, -0.1) is 0 Å². The topological polar surface area (TPSA) is 49.3 Å². The zero-order valence-corrected chi connectivity index (χ0v) is 12.7. The van der Waals surface area contributed by atoms with E-state index in [-0.39, 0.29) is 17.2 Å². The summed E-state index contributed by atoms with van der Waals surface area (Å²) in [5.41, 5.74) is 1.19. The van der Waals surface area contributed by atoms with Crippen LogP contribution in [0.1, 0.15) is 42.6 Å². The van der Waals surface area contributed by atoms with Crippen LogP contribution in [0.3, 0.4) is 0 Å². The maximum atomic E-state index is 12.2. The highest BCUT2D eigenvalue weighted by atomic mass is 79.9. The number of alkyl halides is 1. The molecule has 1 unspecified atom stereocenters. The highest BCUT2D eigenvalue weighted by Crippen LogP contribution is 2.19. The number of aromatic hydroxyl groups is 1. The van der Waals surface area contributed by atoms with E-state index < -0.39 is 0 Å². The van der Waals surface area contributed by atoms with Crippen LogP contribution in [0.15, 0.2) is 18.2 Å². The molecular formula is C14H20BrNO2. The molecule has 3 nitrogen and oxygen atoms in total. The molecule has 0 aliphatic carbocycles. The van der Waals surface area contributed by atoms with Gasteiger partial charge in [-0.05, 0) is 50.5 Å². The Bertz CT molecular complexity index is 434. The third-order valence-corrected chi connectivity index (χ3v) is 3.69. The van der Waals surface area contributed by atoms with Crippen LogP contribution in [0.2, 0.25) is 0 Å². The van der Waals surface area contributed by atoms with E-state index in [0.29, 0.717) is 5.56 Å². The highest BCUT2D eigenvalue weighted by Gasteiger charge is 2.24. The Hall–Kier alpha value is -1.03. The summed E-state index contributed by atoms with van der Waals surface area (Å²) in [5, 5.41) is 13.3. The Morgan fingerprint density at radius 3 is 2.67 bits per heavy atom. The molecule has 1 rings (SSSR count). The van der Waals surface area contributed by atoms with Gasteiger partial charge in [0.25, 0.3) is 5.91 Å². The van der Waals surface area contributed by atoms with Crippen molar-refractivity contribution >= 4 is 21.8 Å². The number of hydrogen-bond acceptors (Lipinski definition) is 2. The molecule has 0 aliphatic heterocycles. The highest BCUT2D eigenvalue weighted by molar-refractivity contribution is 9.09. The minimum absolute atomic E-state index is 0.0854. The fourth-order valence-corrected chi connectivity index (χ4v) is 2.66. The molecule has 1 atom stereocenters. The molecule has 100 valence electrons. The summed E-state index contributed by atoms with van der Waals surface area (Å²) in [7, 11) is 0. The Labute approximate surface area is 117 Å². The standard InChI is InChI=1S/C14H20BrNO2/c1-4-14(3,7-8-15)16-13(18)12-6-5-11(17)9-10(12)2/h5-6,9,17H,4,7-8H2,1-3H3,(H,16,18). The van der Waals surface area contributed by atoms with Gasteiger partial charge in [0.05, 0.1) is 0 Å². The van der Waals surface area contributed by atoms with Crippen molar-refractivity contribution in [1.29, 1.82) is 0 Å². The maximum Gasteiger partial charge on any atom is 0.251 e. The Morgan fingerprint density at radius 1 is 1.50 bits per heavy atom. The predicted octanol–water partition coefficient (Wildman–Crippen LogP) is 3.38. The minimum atomic E-state index is -0.203. The number of rotatable bonds is 5. The average Bonchev–Trinajstić information content (AvgIpc) is 2.28. The molecular weight excluding hydrogens is 294 g/mol. The number of carbonyl (C=O) groups is 1. The van der Waals surface area contributed by atoms with Crippen molar-refractivity contribution < 1.29 is 9.90 Å². The van der Waals surface area contributed by atoms with Crippen LogP contribution >= 0.6 is 15.9 Å². The number of aryl methyl sites for hydroxylation is 1. The van der Waals surface area contributed by atoms with E-state index >= 15 is 0 Å². The Morgan fingerprint density at radius 2 is 2.17 bits per heavy atom. The smallest absolute Gasteiger partial charge is 0.251 e. The van der Waals surface area contributed by atoms with E-state index in [4.69, 9.17) is 0 Å². The molecule has 4 heteroatoms. The van der Waals surface area contributed by atoms with Gasteiger partial charge in [-0.2, -0.15) is 0 Å². The van der Waals surface area contributed by atoms with Gasteiger partial charge < -0.3 is 10.4 Å². The lowest BCUT2D eigenvalue weighted by Gasteiger charge is -2.29. The van der Waals surface area contributed by atoms with Crippen molar-refractivity contribution in [2.45, 2.75) is 39.2 Å². The summed E-state index contributed by atoms with van der Waals surface area (Å²) in [6.45, 7) is 5.93. The van der Waals surface area contributed by atoms with Gasteiger partial charge in [0.2, 0.25) is 0 Å². The molecule has 0 aromatic heterocycles. The van der Waals surface area contributed by atoms with Gasteiger partial charge in [0.1, 0.15) is 5.75 Å². The average molecular weight is 314 g/mol. The largest absolute Gasteiger partial charge is 0.508 e. The molecule has 0 saturated carbocycles. The van der Waals surface area contributed by atoms with Crippen molar-refractivity contribution in [3.8, 4) is 5.75 Å². The van der Waals surface area contributed by atoms with Crippen molar-refractivity contribution in [2.75, 3.05) is 5.33 Å². The molecule has 0 aliphatic rings. The van der Waals surface area contributed by atoms with Crippen molar-refractivity contribution in [2.24, 2.45) is 0 Å². The van der Waals surface area contributed by atoms with Gasteiger partial charge in [0, 0.05) is 16.4 Å². The van der Waals surface area contributed by atoms with Gasteiger partial charge >= 0.3 is 0 Å². The number of halogens is 1. The molecule has 0 fully saturated rings. The minimum Gasteiger partial charge on any atom is -0.508 e.